The van der Waals surface area contributed by atoms with Crippen LogP contribution in [0.5, 0.6) is 5.75 Å². The molecule has 0 aliphatic heterocycles. The predicted molar refractivity (Wildman–Crippen MR) is 96.9 cm³/mol. The highest BCUT2D eigenvalue weighted by atomic mass is 35.5. The normalized spacial score (nSPS) is 35.2. The molecular formula is C19H25Cl2NO2. The van der Waals surface area contributed by atoms with Crippen molar-refractivity contribution in [2.45, 2.75) is 50.2 Å². The average molecular weight is 370 g/mol. The second kappa shape index (κ2) is 6.68. The molecule has 5 heteroatoms. The lowest BCUT2D eigenvalue weighted by Crippen LogP contribution is -2.59. The van der Waals surface area contributed by atoms with Crippen LogP contribution in [0.25, 0.3) is 0 Å². The summed E-state index contributed by atoms with van der Waals surface area (Å²) in [7, 11) is 0. The molecule has 4 bridgehead atoms. The Kier molecular flexibility index (Phi) is 4.72. The monoisotopic (exact) mass is 369 g/mol. The van der Waals surface area contributed by atoms with Crippen LogP contribution in [0.3, 0.4) is 0 Å². The standard InChI is InChI=1S/C19H25Cl2NO2/c20-15-1-2-18(17(21)6-15)24-11-16(23)10-22-19-7-12-3-13(8-19)5-14(4-12)9-19/h1-2,6,12-14,16,22-23H,3-5,7-11H2/t12?,13?,14?,16-,19?/m1/s1. The van der Waals surface area contributed by atoms with Crippen molar-refractivity contribution in [3.05, 3.63) is 28.2 Å². The zero-order valence-corrected chi connectivity index (χ0v) is 15.3. The van der Waals surface area contributed by atoms with Crippen LogP contribution in [0.1, 0.15) is 38.5 Å². The summed E-state index contributed by atoms with van der Waals surface area (Å²) in [5, 5.41) is 15.1. The minimum atomic E-state index is -0.537. The molecule has 4 saturated carbocycles. The Bertz CT molecular complexity index is 572. The summed E-state index contributed by atoms with van der Waals surface area (Å²) >= 11 is 12.0. The van der Waals surface area contributed by atoms with Crippen LogP contribution in [0.15, 0.2) is 18.2 Å². The minimum absolute atomic E-state index is 0.237. The van der Waals surface area contributed by atoms with Crippen LogP contribution in [-0.4, -0.2) is 29.9 Å². The first-order valence-electron chi connectivity index (χ1n) is 9.02. The predicted octanol–water partition coefficient (Wildman–Crippen LogP) is 4.29. The van der Waals surface area contributed by atoms with Gasteiger partial charge in [-0.25, -0.2) is 0 Å². The quantitative estimate of drug-likeness (QED) is 0.785. The topological polar surface area (TPSA) is 41.5 Å². The van der Waals surface area contributed by atoms with E-state index in [9.17, 15) is 5.11 Å². The third-order valence-corrected chi connectivity index (χ3v) is 6.61. The van der Waals surface area contributed by atoms with E-state index >= 15 is 0 Å². The largest absolute Gasteiger partial charge is 0.489 e. The molecule has 4 aliphatic rings. The summed E-state index contributed by atoms with van der Waals surface area (Å²) in [6.45, 7) is 0.818. The number of benzene rings is 1. The molecule has 1 aromatic rings. The van der Waals surface area contributed by atoms with E-state index in [2.05, 4.69) is 5.32 Å². The molecule has 0 heterocycles. The molecule has 0 unspecified atom stereocenters. The van der Waals surface area contributed by atoms with Gasteiger partial charge in [-0.2, -0.15) is 0 Å². The maximum Gasteiger partial charge on any atom is 0.138 e. The number of halogens is 2. The molecule has 0 radical (unpaired) electrons. The lowest BCUT2D eigenvalue weighted by molar-refractivity contribution is -0.0266. The van der Waals surface area contributed by atoms with Gasteiger partial charge >= 0.3 is 0 Å². The van der Waals surface area contributed by atoms with E-state index in [1.165, 1.54) is 38.5 Å². The van der Waals surface area contributed by atoms with Gasteiger partial charge in [-0.1, -0.05) is 23.2 Å². The molecule has 1 aromatic carbocycles. The summed E-state index contributed by atoms with van der Waals surface area (Å²) < 4.78 is 5.64. The lowest BCUT2D eigenvalue weighted by atomic mass is 9.53. The van der Waals surface area contributed by atoms with Gasteiger partial charge in [0.05, 0.1) is 5.02 Å². The molecule has 0 spiro atoms. The Balaban J connectivity index is 1.28. The molecule has 24 heavy (non-hydrogen) atoms. The Labute approximate surface area is 153 Å². The van der Waals surface area contributed by atoms with Crippen LogP contribution in [0.2, 0.25) is 10.0 Å². The SMILES string of the molecule is O[C@H](CNC12CC3CC(CC(C3)C1)C2)COc1ccc(Cl)cc1Cl. The van der Waals surface area contributed by atoms with E-state index in [0.29, 0.717) is 22.3 Å². The lowest BCUT2D eigenvalue weighted by Gasteiger charge is -2.57. The number of rotatable bonds is 6. The Morgan fingerprint density at radius 1 is 1.12 bits per heavy atom. The molecule has 5 rings (SSSR count). The van der Waals surface area contributed by atoms with Gasteiger partial charge < -0.3 is 15.2 Å². The zero-order valence-electron chi connectivity index (χ0n) is 13.8. The fourth-order valence-corrected chi connectivity index (χ4v) is 5.96. The fourth-order valence-electron chi connectivity index (χ4n) is 5.50. The molecular weight excluding hydrogens is 345 g/mol. The van der Waals surface area contributed by atoms with Crippen molar-refractivity contribution in [3.8, 4) is 5.75 Å². The first kappa shape index (κ1) is 17.0. The maximum atomic E-state index is 10.3. The molecule has 0 amide bonds. The van der Waals surface area contributed by atoms with Crippen molar-refractivity contribution in [2.24, 2.45) is 17.8 Å². The average Bonchev–Trinajstić information content (AvgIpc) is 2.51. The van der Waals surface area contributed by atoms with Crippen LogP contribution in [0, 0.1) is 17.8 Å². The number of hydrogen-bond acceptors (Lipinski definition) is 3. The molecule has 3 nitrogen and oxygen atoms in total. The van der Waals surface area contributed by atoms with E-state index in [1.54, 1.807) is 18.2 Å². The van der Waals surface area contributed by atoms with Gasteiger partial charge in [0.1, 0.15) is 18.5 Å². The number of hydrogen-bond donors (Lipinski definition) is 2. The summed E-state index contributed by atoms with van der Waals surface area (Å²) in [5.41, 5.74) is 0.271. The first-order chi connectivity index (χ1) is 11.5. The van der Waals surface area contributed by atoms with E-state index in [-0.39, 0.29) is 12.1 Å². The molecule has 1 atom stereocenters. The van der Waals surface area contributed by atoms with Crippen LogP contribution in [0.4, 0.5) is 0 Å². The number of aliphatic hydroxyl groups excluding tert-OH is 1. The van der Waals surface area contributed by atoms with Gasteiger partial charge in [-0.05, 0) is 74.5 Å². The number of aliphatic hydroxyl groups is 1. The van der Waals surface area contributed by atoms with E-state index in [1.807, 2.05) is 0 Å². The molecule has 2 N–H and O–H groups in total. The highest BCUT2D eigenvalue weighted by Gasteiger charge is 2.50. The second-order valence-electron chi connectivity index (χ2n) is 8.12. The van der Waals surface area contributed by atoms with E-state index in [4.69, 9.17) is 27.9 Å². The van der Waals surface area contributed by atoms with E-state index < -0.39 is 6.10 Å². The van der Waals surface area contributed by atoms with Crippen molar-refractivity contribution < 1.29 is 9.84 Å². The van der Waals surface area contributed by atoms with Crippen LogP contribution in [-0.2, 0) is 0 Å². The third kappa shape index (κ3) is 3.55. The van der Waals surface area contributed by atoms with Gasteiger partial charge in [-0.3, -0.25) is 0 Å². The van der Waals surface area contributed by atoms with Crippen molar-refractivity contribution in [2.75, 3.05) is 13.2 Å². The van der Waals surface area contributed by atoms with Crippen molar-refractivity contribution in [3.63, 3.8) is 0 Å². The summed E-state index contributed by atoms with van der Waals surface area (Å²) in [5.74, 6) is 3.29. The molecule has 0 aromatic heterocycles. The number of ether oxygens (including phenoxy) is 1. The van der Waals surface area contributed by atoms with E-state index in [0.717, 1.165) is 17.8 Å². The van der Waals surface area contributed by atoms with Crippen LogP contribution < -0.4 is 10.1 Å². The fraction of sp³-hybridized carbons (Fsp3) is 0.684. The third-order valence-electron chi connectivity index (χ3n) is 6.08. The van der Waals surface area contributed by atoms with Crippen molar-refractivity contribution in [1.82, 2.24) is 5.32 Å². The van der Waals surface area contributed by atoms with Crippen molar-refractivity contribution in [1.29, 1.82) is 0 Å². The first-order valence-corrected chi connectivity index (χ1v) is 9.78. The molecule has 0 saturated heterocycles. The molecule has 4 fully saturated rings. The highest BCUT2D eigenvalue weighted by molar-refractivity contribution is 6.35. The van der Waals surface area contributed by atoms with Gasteiger partial charge in [0.2, 0.25) is 0 Å². The summed E-state index contributed by atoms with van der Waals surface area (Å²) in [6.07, 6.45) is 7.62. The van der Waals surface area contributed by atoms with Gasteiger partial charge in [0.15, 0.2) is 0 Å². The van der Waals surface area contributed by atoms with Gasteiger partial charge in [0, 0.05) is 17.1 Å². The summed E-state index contributed by atoms with van der Waals surface area (Å²) in [6, 6.07) is 5.13. The Morgan fingerprint density at radius 3 is 2.33 bits per heavy atom. The second-order valence-corrected chi connectivity index (χ2v) is 8.96. The van der Waals surface area contributed by atoms with Gasteiger partial charge in [0.25, 0.3) is 0 Å². The molecule has 4 aliphatic carbocycles. The maximum absolute atomic E-state index is 10.3. The van der Waals surface area contributed by atoms with Gasteiger partial charge in [-0.15, -0.1) is 0 Å². The summed E-state index contributed by atoms with van der Waals surface area (Å²) in [4.78, 5) is 0. The minimum Gasteiger partial charge on any atom is -0.489 e. The van der Waals surface area contributed by atoms with Crippen molar-refractivity contribution >= 4 is 23.2 Å². The Morgan fingerprint density at radius 2 is 1.75 bits per heavy atom. The van der Waals surface area contributed by atoms with Crippen LogP contribution >= 0.6 is 23.2 Å². The highest BCUT2D eigenvalue weighted by Crippen LogP contribution is 2.55. The zero-order chi connectivity index (χ0) is 16.7. The smallest absolute Gasteiger partial charge is 0.138 e. The molecule has 132 valence electrons. The number of nitrogens with one attached hydrogen (secondary N) is 1. The number of β-amino-alcohol motifs (C(OH)–C–C–N with tert-alkyl or cyclic N) is 1. The Hall–Kier alpha value is -0.480.